The van der Waals surface area contributed by atoms with Crippen molar-refractivity contribution in [2.45, 2.75) is 32.4 Å². The van der Waals surface area contributed by atoms with Crippen LogP contribution in [0.1, 0.15) is 26.2 Å². The number of alkyl halides is 3. The second-order valence-electron chi connectivity index (χ2n) is 3.68. The lowest BCUT2D eigenvalue weighted by molar-refractivity contribution is -0.186. The number of nitrogens with zero attached hydrogens (tertiary/aromatic N) is 1. The van der Waals surface area contributed by atoms with E-state index in [2.05, 4.69) is 0 Å². The maximum atomic E-state index is 12.3. The first-order chi connectivity index (χ1) is 6.04. The zero-order chi connectivity index (χ0) is 9.90. The smallest absolute Gasteiger partial charge is 0.303 e. The fourth-order valence-corrected chi connectivity index (χ4v) is 1.84. The molecule has 0 spiro atoms. The zero-order valence-electron chi connectivity index (χ0n) is 7.90. The highest BCUT2D eigenvalue weighted by Crippen LogP contribution is 2.32. The van der Waals surface area contributed by atoms with Gasteiger partial charge in [0.25, 0.3) is 0 Å². The molecule has 0 amide bonds. The van der Waals surface area contributed by atoms with Crippen LogP contribution in [0.3, 0.4) is 0 Å². The van der Waals surface area contributed by atoms with Crippen LogP contribution < -0.4 is 0 Å². The summed E-state index contributed by atoms with van der Waals surface area (Å²) >= 11 is 0. The van der Waals surface area contributed by atoms with Gasteiger partial charge in [-0.1, -0.05) is 6.92 Å². The van der Waals surface area contributed by atoms with Crippen molar-refractivity contribution < 1.29 is 13.2 Å². The fourth-order valence-electron chi connectivity index (χ4n) is 1.84. The highest BCUT2D eigenvalue weighted by atomic mass is 19.4. The minimum atomic E-state index is -3.99. The number of piperidine rings is 1. The molecule has 0 aromatic carbocycles. The Hall–Kier alpha value is -0.250. The first-order valence-electron chi connectivity index (χ1n) is 4.83. The summed E-state index contributed by atoms with van der Waals surface area (Å²) in [6.07, 6.45) is -2.06. The van der Waals surface area contributed by atoms with Crippen molar-refractivity contribution in [2.24, 2.45) is 5.92 Å². The Labute approximate surface area is 76.9 Å². The highest BCUT2D eigenvalue weighted by Gasteiger charge is 2.41. The van der Waals surface area contributed by atoms with Crippen molar-refractivity contribution in [2.75, 3.05) is 19.6 Å². The molecule has 1 saturated heterocycles. The zero-order valence-corrected chi connectivity index (χ0v) is 7.90. The van der Waals surface area contributed by atoms with Crippen LogP contribution in [0, 0.1) is 5.92 Å². The van der Waals surface area contributed by atoms with E-state index in [1.165, 1.54) is 0 Å². The number of likely N-dealkylation sites (tertiary alicyclic amines) is 1. The van der Waals surface area contributed by atoms with Gasteiger partial charge in [-0.25, -0.2) is 0 Å². The van der Waals surface area contributed by atoms with Crippen LogP contribution in [0.2, 0.25) is 0 Å². The second kappa shape index (κ2) is 4.31. The minimum Gasteiger partial charge on any atom is -0.303 e. The van der Waals surface area contributed by atoms with Crippen molar-refractivity contribution in [3.63, 3.8) is 0 Å². The lowest BCUT2D eigenvalue weighted by atomic mass is 9.97. The molecule has 0 N–H and O–H groups in total. The van der Waals surface area contributed by atoms with E-state index < -0.39 is 12.1 Å². The maximum Gasteiger partial charge on any atom is 0.393 e. The van der Waals surface area contributed by atoms with Crippen LogP contribution in [0.5, 0.6) is 0 Å². The van der Waals surface area contributed by atoms with Gasteiger partial charge in [0.05, 0.1) is 5.92 Å². The summed E-state index contributed by atoms with van der Waals surface area (Å²) in [5.74, 6) is -1.09. The van der Waals surface area contributed by atoms with E-state index in [0.717, 1.165) is 19.5 Å². The molecule has 78 valence electrons. The Morgan fingerprint density at radius 3 is 2.62 bits per heavy atom. The van der Waals surface area contributed by atoms with E-state index in [1.807, 2.05) is 11.8 Å². The molecule has 0 aromatic heterocycles. The molecule has 1 rings (SSSR count). The largest absolute Gasteiger partial charge is 0.393 e. The maximum absolute atomic E-state index is 12.3. The van der Waals surface area contributed by atoms with Gasteiger partial charge in [0.15, 0.2) is 0 Å². The molecule has 13 heavy (non-hydrogen) atoms. The molecule has 0 radical (unpaired) electrons. The number of halogens is 3. The average molecular weight is 195 g/mol. The quantitative estimate of drug-likeness (QED) is 0.654. The van der Waals surface area contributed by atoms with Crippen molar-refractivity contribution in [3.05, 3.63) is 0 Å². The molecule has 1 unspecified atom stereocenters. The van der Waals surface area contributed by atoms with Gasteiger partial charge < -0.3 is 4.90 Å². The Morgan fingerprint density at radius 2 is 2.08 bits per heavy atom. The first-order valence-corrected chi connectivity index (χ1v) is 4.83. The summed E-state index contributed by atoms with van der Waals surface area (Å²) < 4.78 is 37.0. The molecule has 1 aliphatic rings. The van der Waals surface area contributed by atoms with E-state index in [-0.39, 0.29) is 6.54 Å². The third-order valence-electron chi connectivity index (χ3n) is 2.51. The molecule has 1 fully saturated rings. The van der Waals surface area contributed by atoms with Gasteiger partial charge in [-0.2, -0.15) is 13.2 Å². The lowest BCUT2D eigenvalue weighted by Crippen LogP contribution is -2.41. The van der Waals surface area contributed by atoms with E-state index in [4.69, 9.17) is 0 Å². The van der Waals surface area contributed by atoms with Gasteiger partial charge in [-0.15, -0.1) is 0 Å². The number of rotatable bonds is 2. The first kappa shape index (κ1) is 10.8. The number of hydrogen-bond acceptors (Lipinski definition) is 1. The standard InChI is InChI=1S/C9H16F3N/c1-2-5-13-6-3-4-8(7-13)9(10,11)12/h8H,2-7H2,1H3. The topological polar surface area (TPSA) is 3.24 Å². The summed E-state index contributed by atoms with van der Waals surface area (Å²) in [6.45, 7) is 3.83. The fraction of sp³-hybridized carbons (Fsp3) is 1.00. The Bertz CT molecular complexity index is 153. The van der Waals surface area contributed by atoms with Crippen LogP contribution in [0.25, 0.3) is 0 Å². The van der Waals surface area contributed by atoms with Crippen LogP contribution >= 0.6 is 0 Å². The third kappa shape index (κ3) is 3.18. The monoisotopic (exact) mass is 195 g/mol. The summed E-state index contributed by atoms with van der Waals surface area (Å²) in [5, 5.41) is 0. The molecule has 1 nitrogen and oxygen atoms in total. The van der Waals surface area contributed by atoms with E-state index in [1.54, 1.807) is 0 Å². The summed E-state index contributed by atoms with van der Waals surface area (Å²) in [5.41, 5.74) is 0. The second-order valence-corrected chi connectivity index (χ2v) is 3.68. The predicted molar refractivity (Wildman–Crippen MR) is 45.5 cm³/mol. The Kier molecular flexibility index (Phi) is 3.59. The molecule has 0 saturated carbocycles. The Morgan fingerprint density at radius 1 is 1.38 bits per heavy atom. The van der Waals surface area contributed by atoms with Crippen molar-refractivity contribution in [3.8, 4) is 0 Å². The van der Waals surface area contributed by atoms with Crippen molar-refractivity contribution in [1.82, 2.24) is 4.90 Å². The van der Waals surface area contributed by atoms with E-state index in [9.17, 15) is 13.2 Å². The van der Waals surface area contributed by atoms with Gasteiger partial charge in [0.2, 0.25) is 0 Å². The SMILES string of the molecule is CCCN1CCCC(C(F)(F)F)C1. The van der Waals surface area contributed by atoms with E-state index >= 15 is 0 Å². The predicted octanol–water partition coefficient (Wildman–Crippen LogP) is 2.67. The van der Waals surface area contributed by atoms with Gasteiger partial charge in [-0.05, 0) is 32.4 Å². The molecular weight excluding hydrogens is 179 g/mol. The molecule has 0 aliphatic carbocycles. The third-order valence-corrected chi connectivity index (χ3v) is 2.51. The van der Waals surface area contributed by atoms with Crippen molar-refractivity contribution in [1.29, 1.82) is 0 Å². The minimum absolute atomic E-state index is 0.206. The van der Waals surface area contributed by atoms with Crippen LogP contribution in [-0.4, -0.2) is 30.7 Å². The van der Waals surface area contributed by atoms with Gasteiger partial charge in [0.1, 0.15) is 0 Å². The van der Waals surface area contributed by atoms with Crippen LogP contribution in [0.15, 0.2) is 0 Å². The Balaban J connectivity index is 2.42. The highest BCUT2D eigenvalue weighted by molar-refractivity contribution is 4.77. The molecule has 1 atom stereocenters. The number of hydrogen-bond donors (Lipinski definition) is 0. The van der Waals surface area contributed by atoms with Crippen LogP contribution in [0.4, 0.5) is 13.2 Å². The average Bonchev–Trinajstić information content (AvgIpc) is 2.04. The molecule has 4 heteroatoms. The molecule has 0 aromatic rings. The van der Waals surface area contributed by atoms with Gasteiger partial charge in [-0.3, -0.25) is 0 Å². The summed E-state index contributed by atoms with van der Waals surface area (Å²) in [6, 6.07) is 0. The molecular formula is C9H16F3N. The molecule has 1 aliphatic heterocycles. The lowest BCUT2D eigenvalue weighted by Gasteiger charge is -2.33. The molecule has 0 bridgehead atoms. The normalized spacial score (nSPS) is 26.3. The summed E-state index contributed by atoms with van der Waals surface area (Å²) in [4.78, 5) is 1.92. The van der Waals surface area contributed by atoms with Crippen LogP contribution in [-0.2, 0) is 0 Å². The van der Waals surface area contributed by atoms with Crippen molar-refractivity contribution >= 4 is 0 Å². The van der Waals surface area contributed by atoms with E-state index in [0.29, 0.717) is 12.8 Å². The molecule has 1 heterocycles. The summed E-state index contributed by atoms with van der Waals surface area (Å²) in [7, 11) is 0. The van der Waals surface area contributed by atoms with Gasteiger partial charge >= 0.3 is 6.18 Å². The van der Waals surface area contributed by atoms with Gasteiger partial charge in [0, 0.05) is 6.54 Å².